The number of nitrogens with one attached hydrogen (secondary N) is 4. The zero-order chi connectivity index (χ0) is 103. The maximum atomic E-state index is 13.3. The number of carbonyl (C=O) groups excluding carboxylic acids is 4. The van der Waals surface area contributed by atoms with Crippen LogP contribution in [-0.2, 0) is 119 Å². The van der Waals surface area contributed by atoms with Crippen molar-refractivity contribution in [3.63, 3.8) is 0 Å². The van der Waals surface area contributed by atoms with Gasteiger partial charge in [-0.25, -0.2) is 4.79 Å². The van der Waals surface area contributed by atoms with E-state index in [2.05, 4.69) is 21.3 Å². The summed E-state index contributed by atoms with van der Waals surface area (Å²) in [5, 5.41) is 378. The number of carboxylic acids is 1. The summed E-state index contributed by atoms with van der Waals surface area (Å²) in [6.45, 7) is -8.24. The molecule has 62 nitrogen and oxygen atoms in total. The first-order valence-electron chi connectivity index (χ1n) is 44.1. The molecule has 10 heterocycles. The minimum Gasteiger partial charge on any atom is -0.477 e. The lowest BCUT2D eigenvalue weighted by Crippen LogP contribution is -2.70. The summed E-state index contributed by atoms with van der Waals surface area (Å²) in [6, 6.07) is -7.80. The molecule has 0 aromatic carbocycles. The van der Waals surface area contributed by atoms with Gasteiger partial charge in [-0.2, -0.15) is 0 Å². The fourth-order valence-corrected chi connectivity index (χ4v) is 17.4. The Balaban J connectivity index is 0.977. The van der Waals surface area contributed by atoms with Crippen molar-refractivity contribution in [1.29, 1.82) is 0 Å². The zero-order valence-electron chi connectivity index (χ0n) is 74.6. The molecule has 0 aromatic heterocycles. The van der Waals surface area contributed by atoms with Crippen LogP contribution in [0.15, 0.2) is 0 Å². The Morgan fingerprint density at radius 3 is 1.18 bits per heavy atom. The van der Waals surface area contributed by atoms with Crippen LogP contribution in [0.1, 0.15) is 41.0 Å². The third-order valence-electron chi connectivity index (χ3n) is 25.1. The molecule has 37 N–H and O–H groups in total. The SMILES string of the molecule is CC(=O)N[C@H]1[C@H]([C@H](O)[C@H](O)CO)OC(OC[C@H]2OC(O[C@H]3[C@H](O)[C@@H](NC(C)=O)C(O[C@@H]4C(O[C@H]5[C@H](O)[C@@H](COC6O[C@H](COC7O[C@H](CO)[C@@H](O)[C@H](O)[C@@H]7O)[C@@H](O)[C@H](OC7O[C@H](CO)[C@@H](O)[C@H](O)[C@@H]7O)[C@@H]6O)OC(O[C@H]6[C@H](O)[C@@H](NC(C)=O)C(O[C@@H]([C@H](O)[C@H](CO)NC(C)=O)[C@H](O)COC7O[C@@H](C)[C@@H](O)[C@@H](O)[C@@H]7O)O[C@@H]6CO)[C@H]5O)O[C@H](CO)[C@@H](O)[C@@H]4O)O[C@@H]3CO)[C@H](O)[C@@H](O)[C@H]2O)(C(=O)O)C[C@@H]1O. The van der Waals surface area contributed by atoms with Crippen molar-refractivity contribution < 1.29 is 287 Å². The van der Waals surface area contributed by atoms with Gasteiger partial charge in [0.2, 0.25) is 23.6 Å². The number of carboxylic acid groups (broad SMARTS) is 1. The van der Waals surface area contributed by atoms with Crippen LogP contribution in [0.5, 0.6) is 0 Å². The van der Waals surface area contributed by atoms with Crippen LogP contribution >= 0.6 is 0 Å². The van der Waals surface area contributed by atoms with Gasteiger partial charge in [0.15, 0.2) is 56.6 Å². The van der Waals surface area contributed by atoms with Crippen LogP contribution in [-0.4, -0.2) is 608 Å². The summed E-state index contributed by atoms with van der Waals surface area (Å²) in [6.07, 6.45) is -112. The number of aliphatic hydroxyl groups excluding tert-OH is 32. The second kappa shape index (κ2) is 50.8. The summed E-state index contributed by atoms with van der Waals surface area (Å²) >= 11 is 0. The van der Waals surface area contributed by atoms with Gasteiger partial charge in [-0.05, 0) is 6.92 Å². The third kappa shape index (κ3) is 26.5. The summed E-state index contributed by atoms with van der Waals surface area (Å²) in [5.41, 5.74) is 0. The third-order valence-corrected chi connectivity index (χ3v) is 25.1. The first-order chi connectivity index (χ1) is 65.5. The van der Waals surface area contributed by atoms with E-state index >= 15 is 0 Å². The summed E-state index contributed by atoms with van der Waals surface area (Å²) < 4.78 is 117. The lowest BCUT2D eigenvalue weighted by Gasteiger charge is -2.51. The molecule has 0 aliphatic carbocycles. The van der Waals surface area contributed by atoms with Crippen LogP contribution in [0.3, 0.4) is 0 Å². The van der Waals surface area contributed by atoms with E-state index in [1.54, 1.807) is 0 Å². The largest absolute Gasteiger partial charge is 0.477 e. The monoisotopic (exact) mass is 2040 g/mol. The molecule has 0 spiro atoms. The van der Waals surface area contributed by atoms with Crippen LogP contribution < -0.4 is 21.3 Å². The Kier molecular flexibility index (Phi) is 42.4. The number of aliphatic carboxylic acids is 1. The Morgan fingerprint density at radius 2 is 0.712 bits per heavy atom. The van der Waals surface area contributed by atoms with Crippen molar-refractivity contribution in [2.75, 3.05) is 72.7 Å². The van der Waals surface area contributed by atoms with E-state index in [4.69, 9.17) is 94.7 Å². The number of hydrogen-bond donors (Lipinski definition) is 37. The molecule has 4 amide bonds. The first-order valence-corrected chi connectivity index (χ1v) is 44.1. The Hall–Kier alpha value is -4.73. The van der Waals surface area contributed by atoms with Gasteiger partial charge in [0.05, 0.1) is 97.0 Å². The Labute approximate surface area is 786 Å². The number of amides is 4. The number of rotatable bonds is 41. The molecule has 0 radical (unpaired) electrons. The minimum absolute atomic E-state index is 0.841. The van der Waals surface area contributed by atoms with Gasteiger partial charge in [-0.15, -0.1) is 0 Å². The van der Waals surface area contributed by atoms with Gasteiger partial charge in [-0.1, -0.05) is 0 Å². The fraction of sp³-hybridized carbons (Fsp3) is 0.935. The van der Waals surface area contributed by atoms with E-state index in [0.717, 1.165) is 27.7 Å². The van der Waals surface area contributed by atoms with Crippen molar-refractivity contribution in [3.05, 3.63) is 0 Å². The van der Waals surface area contributed by atoms with Crippen LogP contribution in [0, 0.1) is 0 Å². The normalized spacial score (nSPS) is 46.5. The van der Waals surface area contributed by atoms with Crippen molar-refractivity contribution in [2.45, 2.75) is 378 Å². The molecule has 55 atom stereocenters. The molecule has 806 valence electrons. The molecular weight excluding hydrogens is 1910 g/mol. The highest BCUT2D eigenvalue weighted by Crippen LogP contribution is 2.42. The second-order valence-corrected chi connectivity index (χ2v) is 35.1. The predicted octanol–water partition coefficient (Wildman–Crippen LogP) is -24.5. The predicted molar refractivity (Wildman–Crippen MR) is 427 cm³/mol. The van der Waals surface area contributed by atoms with E-state index in [-0.39, 0.29) is 0 Å². The van der Waals surface area contributed by atoms with E-state index in [1.165, 1.54) is 6.92 Å². The maximum absolute atomic E-state index is 13.3. The topological polar surface area (TPSA) is 986 Å². The number of aliphatic hydroxyl groups is 32. The van der Waals surface area contributed by atoms with E-state index in [9.17, 15) is 192 Å². The zero-order valence-corrected chi connectivity index (χ0v) is 74.6. The highest BCUT2D eigenvalue weighted by Gasteiger charge is 2.63. The molecule has 10 aliphatic heterocycles. The van der Waals surface area contributed by atoms with Gasteiger partial charge in [0.1, 0.15) is 250 Å². The van der Waals surface area contributed by atoms with E-state index in [0.29, 0.717) is 0 Å². The second-order valence-electron chi connectivity index (χ2n) is 35.1. The summed E-state index contributed by atoms with van der Waals surface area (Å²) in [5.74, 6) is -9.12. The highest BCUT2D eigenvalue weighted by atomic mass is 16.8. The number of hydrogen-bond acceptors (Lipinski definition) is 57. The molecule has 10 aliphatic rings. The van der Waals surface area contributed by atoms with Crippen LogP contribution in [0.25, 0.3) is 0 Å². The van der Waals surface area contributed by atoms with E-state index < -0.39 is 446 Å². The van der Waals surface area contributed by atoms with Gasteiger partial charge in [-0.3, -0.25) is 19.2 Å². The maximum Gasteiger partial charge on any atom is 0.364 e. The lowest BCUT2D eigenvalue weighted by atomic mass is 9.88. The molecule has 10 rings (SSSR count). The molecule has 0 saturated carbocycles. The van der Waals surface area contributed by atoms with Gasteiger partial charge in [0, 0.05) is 34.1 Å². The first kappa shape index (κ1) is 116. The standard InChI is InChI=1S/C77H130N4O58/c1-18-38(96)49(107)54(112)69(124-18)120-14-26(95)60(39(97)23(7-82)78-19(2)89)133-67-36(80-21(4)91)47(105)62(31(13-88)128-67)135-74-59(117)65(46(104)33(131-74)16-122-71-58(116)64(136-72-56(114)51(109)42(100)28(10-85)126-72)45(103)32(130-71)15-121-70-55(113)50(108)41(99)27(9-84)125-70)137-75-66(53(111)43(101)29(11-86)127-75)138-68-37(81-22(5)92)48(106)61(30(12-87)129-68)134-73-57(115)52(110)44(102)34(132-73)17-123-77(76(118)119)6-24(93)35(79-20(3)90)63(139-77)40(98)25(94)8-83/h18,23-75,82-88,93-117H,6-17H2,1-5H3,(H,78,89)(H,79,90)(H,80,91)(H,81,92)(H,118,119)/t18-,23-,24-,25+,26+,27+,28+,29+,30+,31+,32+,33+,34+,35+,36+,37+,38+,39+,40+,41+,42+,43+,44-,45+,46+,47+,48+,49+,50-,51-,52-,53-,54-,55-,56-,57+,58-,59-,60+,61+,62+,63+,64-,65-,66-,67?,68?,69?,70?,71?,72?,73?,74?,75?,77?/m0/s1. The van der Waals surface area contributed by atoms with Gasteiger partial charge in [0.25, 0.3) is 5.79 Å². The molecular formula is C77H130N4O58. The molecule has 0 bridgehead atoms. The molecule has 139 heavy (non-hydrogen) atoms. The van der Waals surface area contributed by atoms with Crippen molar-refractivity contribution >= 4 is 29.6 Å². The average Bonchev–Trinajstić information content (AvgIpc) is 0.755. The number of carbonyl (C=O) groups is 5. The molecule has 0 aromatic rings. The molecule has 62 heteroatoms. The Bertz CT molecular complexity index is 3820. The van der Waals surface area contributed by atoms with Gasteiger partial charge >= 0.3 is 5.97 Å². The molecule has 10 unspecified atom stereocenters. The molecule has 10 saturated heterocycles. The van der Waals surface area contributed by atoms with Crippen LogP contribution in [0.2, 0.25) is 0 Å². The van der Waals surface area contributed by atoms with Crippen molar-refractivity contribution in [2.24, 2.45) is 0 Å². The van der Waals surface area contributed by atoms with Crippen LogP contribution in [0.4, 0.5) is 0 Å². The summed E-state index contributed by atoms with van der Waals surface area (Å²) in [7, 11) is 0. The quantitative estimate of drug-likeness (QED) is 0.0270. The lowest BCUT2D eigenvalue weighted by molar-refractivity contribution is -0.398. The average molecular weight is 2040 g/mol. The minimum atomic E-state index is -3.13. The smallest absolute Gasteiger partial charge is 0.364 e. The Morgan fingerprint density at radius 1 is 0.345 bits per heavy atom. The van der Waals surface area contributed by atoms with Crippen molar-refractivity contribution in [1.82, 2.24) is 21.3 Å². The highest BCUT2D eigenvalue weighted by molar-refractivity contribution is 5.77. The fourth-order valence-electron chi connectivity index (χ4n) is 17.4. The molecule has 10 fully saturated rings. The summed E-state index contributed by atoms with van der Waals surface area (Å²) in [4.78, 5) is 64.3. The van der Waals surface area contributed by atoms with Crippen molar-refractivity contribution in [3.8, 4) is 0 Å². The number of ether oxygens (including phenoxy) is 20. The van der Waals surface area contributed by atoms with E-state index in [1.807, 2.05) is 0 Å². The van der Waals surface area contributed by atoms with Gasteiger partial charge < -0.3 is 285 Å².